The number of carbonyl (C=O) groups excluding carboxylic acids is 2. The minimum atomic E-state index is -0.679. The second-order valence-corrected chi connectivity index (χ2v) is 6.19. The van der Waals surface area contributed by atoms with Crippen LogP contribution >= 0.6 is 0 Å². The number of hydrogen-bond acceptors (Lipinski definition) is 5. The number of nitrogens with zero attached hydrogens (tertiary/aromatic N) is 1. The molecule has 0 radical (unpaired) electrons. The Kier molecular flexibility index (Phi) is 6.75. The maximum atomic E-state index is 13.1. The summed E-state index contributed by atoms with van der Waals surface area (Å²) in [4.78, 5) is 25.8. The summed E-state index contributed by atoms with van der Waals surface area (Å²) in [5, 5.41) is 2.68. The largest absolute Gasteiger partial charge is 0.452 e. The van der Waals surface area contributed by atoms with Crippen LogP contribution in [0, 0.1) is 5.82 Å². The molecule has 1 aliphatic heterocycles. The van der Waals surface area contributed by atoms with Gasteiger partial charge in [-0.1, -0.05) is 12.1 Å². The van der Waals surface area contributed by atoms with Gasteiger partial charge in [0.15, 0.2) is 6.61 Å². The smallest absolute Gasteiger partial charge is 0.331 e. The van der Waals surface area contributed by atoms with Crippen LogP contribution in [0.1, 0.15) is 5.56 Å². The first kappa shape index (κ1) is 19.6. The van der Waals surface area contributed by atoms with Crippen molar-refractivity contribution >= 4 is 29.3 Å². The third-order valence-electron chi connectivity index (χ3n) is 4.13. The maximum absolute atomic E-state index is 13.1. The van der Waals surface area contributed by atoms with Crippen LogP contribution in [0.2, 0.25) is 0 Å². The minimum Gasteiger partial charge on any atom is -0.452 e. The summed E-state index contributed by atoms with van der Waals surface area (Å²) in [6.45, 7) is 2.68. The fourth-order valence-electron chi connectivity index (χ4n) is 2.73. The molecule has 7 heteroatoms. The van der Waals surface area contributed by atoms with Gasteiger partial charge in [-0.2, -0.15) is 0 Å². The van der Waals surface area contributed by atoms with E-state index in [1.54, 1.807) is 18.2 Å². The Bertz CT molecular complexity index is 846. The molecule has 2 aromatic rings. The first-order chi connectivity index (χ1) is 13.6. The summed E-state index contributed by atoms with van der Waals surface area (Å²) >= 11 is 0. The van der Waals surface area contributed by atoms with Gasteiger partial charge in [0.05, 0.1) is 13.2 Å². The van der Waals surface area contributed by atoms with Crippen LogP contribution in [0.4, 0.5) is 15.8 Å². The molecule has 28 heavy (non-hydrogen) atoms. The molecule has 0 spiro atoms. The molecule has 0 bridgehead atoms. The number of halogens is 1. The van der Waals surface area contributed by atoms with Crippen LogP contribution in [0.25, 0.3) is 6.08 Å². The molecule has 1 amide bonds. The zero-order valence-corrected chi connectivity index (χ0v) is 15.3. The SMILES string of the molecule is O=C(COC(=O)/C=C/c1cccc(F)c1)Nc1ccc(N2CCOCC2)cc1. The predicted molar refractivity (Wildman–Crippen MR) is 104 cm³/mol. The molecule has 1 heterocycles. The Morgan fingerprint density at radius 2 is 1.89 bits per heavy atom. The van der Waals surface area contributed by atoms with Crippen molar-refractivity contribution in [2.45, 2.75) is 0 Å². The zero-order chi connectivity index (χ0) is 19.8. The molecule has 0 unspecified atom stereocenters. The average Bonchev–Trinajstić information content (AvgIpc) is 2.72. The number of benzene rings is 2. The first-order valence-corrected chi connectivity index (χ1v) is 8.93. The topological polar surface area (TPSA) is 67.9 Å². The second kappa shape index (κ2) is 9.66. The van der Waals surface area contributed by atoms with Crippen molar-refractivity contribution in [2.75, 3.05) is 43.1 Å². The fraction of sp³-hybridized carbons (Fsp3) is 0.238. The van der Waals surface area contributed by atoms with Gasteiger partial charge in [0.2, 0.25) is 0 Å². The van der Waals surface area contributed by atoms with Crippen molar-refractivity contribution in [2.24, 2.45) is 0 Å². The van der Waals surface area contributed by atoms with Crippen molar-refractivity contribution in [3.8, 4) is 0 Å². The summed E-state index contributed by atoms with van der Waals surface area (Å²) in [7, 11) is 0. The Morgan fingerprint density at radius 3 is 2.61 bits per heavy atom. The van der Waals surface area contributed by atoms with Crippen molar-refractivity contribution in [1.29, 1.82) is 0 Å². The number of hydrogen-bond donors (Lipinski definition) is 1. The van der Waals surface area contributed by atoms with E-state index < -0.39 is 24.3 Å². The molecule has 1 fully saturated rings. The van der Waals surface area contributed by atoms with Gasteiger partial charge in [-0.25, -0.2) is 9.18 Å². The fourth-order valence-corrected chi connectivity index (χ4v) is 2.73. The van der Waals surface area contributed by atoms with Gasteiger partial charge in [0, 0.05) is 30.5 Å². The lowest BCUT2D eigenvalue weighted by atomic mass is 10.2. The van der Waals surface area contributed by atoms with Crippen LogP contribution in [0.5, 0.6) is 0 Å². The Labute approximate surface area is 162 Å². The summed E-state index contributed by atoms with van der Waals surface area (Å²) < 4.78 is 23.3. The highest BCUT2D eigenvalue weighted by Crippen LogP contribution is 2.19. The van der Waals surface area contributed by atoms with Crippen molar-refractivity contribution < 1.29 is 23.5 Å². The highest BCUT2D eigenvalue weighted by molar-refractivity contribution is 5.94. The highest BCUT2D eigenvalue weighted by Gasteiger charge is 2.11. The highest BCUT2D eigenvalue weighted by atomic mass is 19.1. The Hall–Kier alpha value is -3.19. The van der Waals surface area contributed by atoms with Crippen LogP contribution in [0.15, 0.2) is 54.6 Å². The van der Waals surface area contributed by atoms with Crippen LogP contribution < -0.4 is 10.2 Å². The van der Waals surface area contributed by atoms with E-state index >= 15 is 0 Å². The van der Waals surface area contributed by atoms with Gasteiger partial charge in [-0.15, -0.1) is 0 Å². The summed E-state index contributed by atoms with van der Waals surface area (Å²) in [5.41, 5.74) is 2.21. The van der Waals surface area contributed by atoms with Crippen LogP contribution in [0.3, 0.4) is 0 Å². The van der Waals surface area contributed by atoms with Crippen LogP contribution in [-0.4, -0.2) is 44.8 Å². The molecule has 1 aliphatic rings. The summed E-state index contributed by atoms with van der Waals surface area (Å²) in [6, 6.07) is 13.2. The first-order valence-electron chi connectivity index (χ1n) is 8.93. The van der Waals surface area contributed by atoms with Gasteiger partial charge in [-0.3, -0.25) is 4.79 Å². The lowest BCUT2D eigenvalue weighted by Crippen LogP contribution is -2.36. The lowest BCUT2D eigenvalue weighted by molar-refractivity contribution is -0.142. The quantitative estimate of drug-likeness (QED) is 0.613. The van der Waals surface area contributed by atoms with E-state index in [2.05, 4.69) is 10.2 Å². The van der Waals surface area contributed by atoms with Crippen molar-refractivity contribution in [3.63, 3.8) is 0 Å². The number of ether oxygens (including phenoxy) is 2. The summed E-state index contributed by atoms with van der Waals surface area (Å²) in [5.74, 6) is -1.51. The average molecular weight is 384 g/mol. The number of morpholine rings is 1. The van der Waals surface area contributed by atoms with E-state index in [-0.39, 0.29) is 0 Å². The minimum absolute atomic E-state index is 0.394. The standard InChI is InChI=1S/C21H21FN2O4/c22-17-3-1-2-16(14-17)4-9-21(26)28-15-20(25)23-18-5-7-19(8-6-18)24-10-12-27-13-11-24/h1-9,14H,10-13,15H2,(H,23,25)/b9-4+. The number of anilines is 2. The Morgan fingerprint density at radius 1 is 1.14 bits per heavy atom. The summed E-state index contributed by atoms with van der Waals surface area (Å²) in [6.07, 6.45) is 2.58. The van der Waals surface area contributed by atoms with E-state index in [9.17, 15) is 14.0 Å². The van der Waals surface area contributed by atoms with Gasteiger partial charge >= 0.3 is 5.97 Å². The molecular weight excluding hydrogens is 363 g/mol. The normalized spacial score (nSPS) is 14.1. The number of rotatable bonds is 6. The van der Waals surface area contributed by atoms with Crippen molar-refractivity contribution in [1.82, 2.24) is 0 Å². The molecule has 0 saturated carbocycles. The number of carbonyl (C=O) groups is 2. The van der Waals surface area contributed by atoms with Gasteiger partial charge < -0.3 is 19.7 Å². The maximum Gasteiger partial charge on any atom is 0.331 e. The molecule has 3 rings (SSSR count). The number of nitrogens with one attached hydrogen (secondary N) is 1. The van der Waals surface area contributed by atoms with E-state index in [1.165, 1.54) is 24.3 Å². The predicted octanol–water partition coefficient (Wildman–Crippen LogP) is 2.86. The molecule has 146 valence electrons. The third-order valence-corrected chi connectivity index (χ3v) is 4.13. The second-order valence-electron chi connectivity index (χ2n) is 6.19. The van der Waals surface area contributed by atoms with E-state index in [4.69, 9.17) is 9.47 Å². The lowest BCUT2D eigenvalue weighted by Gasteiger charge is -2.28. The van der Waals surface area contributed by atoms with Gasteiger partial charge in [-0.05, 0) is 48.0 Å². The Balaban J connectivity index is 1.44. The number of amides is 1. The van der Waals surface area contributed by atoms with Crippen LogP contribution in [-0.2, 0) is 19.1 Å². The molecule has 1 N–H and O–H groups in total. The molecule has 0 atom stereocenters. The monoisotopic (exact) mass is 384 g/mol. The van der Waals surface area contributed by atoms with E-state index in [1.807, 2.05) is 12.1 Å². The third kappa shape index (κ3) is 5.92. The van der Waals surface area contributed by atoms with Crippen molar-refractivity contribution in [3.05, 3.63) is 66.0 Å². The number of esters is 1. The zero-order valence-electron chi connectivity index (χ0n) is 15.3. The molecule has 0 aliphatic carbocycles. The van der Waals surface area contributed by atoms with E-state index in [0.717, 1.165) is 24.9 Å². The molecule has 0 aromatic heterocycles. The molecular formula is C21H21FN2O4. The molecule has 2 aromatic carbocycles. The van der Waals surface area contributed by atoms with Gasteiger partial charge in [0.1, 0.15) is 5.82 Å². The molecule has 6 nitrogen and oxygen atoms in total. The van der Waals surface area contributed by atoms with Gasteiger partial charge in [0.25, 0.3) is 5.91 Å². The molecule has 1 saturated heterocycles. The van der Waals surface area contributed by atoms with E-state index in [0.29, 0.717) is 24.5 Å².